The molecule has 4 rings (SSSR count). The van der Waals surface area contributed by atoms with Crippen LogP contribution in [0.25, 0.3) is 10.9 Å². The molecule has 0 spiro atoms. The van der Waals surface area contributed by atoms with Crippen LogP contribution in [0, 0.1) is 0 Å². The van der Waals surface area contributed by atoms with Crippen LogP contribution < -0.4 is 4.90 Å². The number of likely N-dealkylation sites (tertiary alicyclic amines) is 1. The second-order valence-corrected chi connectivity index (χ2v) is 7.87. The van der Waals surface area contributed by atoms with Gasteiger partial charge in [-0.05, 0) is 56.5 Å². The summed E-state index contributed by atoms with van der Waals surface area (Å²) in [6.07, 6.45) is 6.73. The molecular formula is C19H24BrN3O. The molecule has 3 heterocycles. The number of aliphatic hydroxyl groups is 1. The van der Waals surface area contributed by atoms with Crippen molar-refractivity contribution in [1.82, 2.24) is 9.88 Å². The van der Waals surface area contributed by atoms with E-state index in [4.69, 9.17) is 0 Å². The molecule has 0 saturated carbocycles. The van der Waals surface area contributed by atoms with Gasteiger partial charge >= 0.3 is 0 Å². The predicted octanol–water partition coefficient (Wildman–Crippen LogP) is 3.42. The molecule has 2 aliphatic rings. The first-order valence-corrected chi connectivity index (χ1v) is 9.71. The van der Waals surface area contributed by atoms with Crippen LogP contribution in [0.15, 0.2) is 34.9 Å². The Morgan fingerprint density at radius 2 is 1.96 bits per heavy atom. The third-order valence-electron chi connectivity index (χ3n) is 5.52. The van der Waals surface area contributed by atoms with E-state index >= 15 is 0 Å². The minimum absolute atomic E-state index is 0.290. The Labute approximate surface area is 151 Å². The molecule has 2 aromatic rings. The second kappa shape index (κ2) is 6.98. The van der Waals surface area contributed by atoms with Crippen molar-refractivity contribution in [2.75, 3.05) is 31.1 Å². The first-order chi connectivity index (χ1) is 11.8. The van der Waals surface area contributed by atoms with Gasteiger partial charge in [0.1, 0.15) is 0 Å². The third-order valence-corrected chi connectivity index (χ3v) is 6.02. The highest BCUT2D eigenvalue weighted by atomic mass is 79.9. The molecule has 2 unspecified atom stereocenters. The molecule has 0 radical (unpaired) electrons. The smallest absolute Gasteiger partial charge is 0.0723 e. The standard InChI is InChI=1S/C19H24BrN3O/c20-14-5-6-18-17(11-14)19(7-8-21-18)23-10-2-3-15(23)12-22-9-1-4-16(22)13-24/h5-8,11,15-16,24H,1-4,9-10,12-13H2. The van der Waals surface area contributed by atoms with E-state index in [1.165, 1.54) is 30.3 Å². The molecule has 128 valence electrons. The van der Waals surface area contributed by atoms with Crippen LogP contribution in [-0.4, -0.2) is 53.3 Å². The summed E-state index contributed by atoms with van der Waals surface area (Å²) >= 11 is 3.60. The quantitative estimate of drug-likeness (QED) is 0.869. The van der Waals surface area contributed by atoms with E-state index in [0.29, 0.717) is 12.1 Å². The molecule has 1 aromatic carbocycles. The lowest BCUT2D eigenvalue weighted by Crippen LogP contribution is -2.43. The lowest BCUT2D eigenvalue weighted by molar-refractivity contribution is 0.153. The summed E-state index contributed by atoms with van der Waals surface area (Å²) in [5.41, 5.74) is 2.35. The predicted molar refractivity (Wildman–Crippen MR) is 101 cm³/mol. The van der Waals surface area contributed by atoms with Crippen LogP contribution in [0.5, 0.6) is 0 Å². The number of hydrogen-bond donors (Lipinski definition) is 1. The van der Waals surface area contributed by atoms with Crippen molar-refractivity contribution in [3.05, 3.63) is 34.9 Å². The minimum Gasteiger partial charge on any atom is -0.395 e. The minimum atomic E-state index is 0.290. The highest BCUT2D eigenvalue weighted by molar-refractivity contribution is 9.10. The van der Waals surface area contributed by atoms with Gasteiger partial charge < -0.3 is 10.0 Å². The molecule has 0 aliphatic carbocycles. The van der Waals surface area contributed by atoms with Gasteiger partial charge in [0.25, 0.3) is 0 Å². The van der Waals surface area contributed by atoms with Gasteiger partial charge in [-0.15, -0.1) is 0 Å². The maximum atomic E-state index is 9.60. The summed E-state index contributed by atoms with van der Waals surface area (Å²) in [6.45, 7) is 3.58. The zero-order valence-corrected chi connectivity index (χ0v) is 15.5. The largest absolute Gasteiger partial charge is 0.395 e. The van der Waals surface area contributed by atoms with Crippen molar-refractivity contribution in [3.8, 4) is 0 Å². The molecule has 0 bridgehead atoms. The number of rotatable bonds is 4. The second-order valence-electron chi connectivity index (χ2n) is 6.95. The summed E-state index contributed by atoms with van der Waals surface area (Å²) in [5.74, 6) is 0. The Bertz CT molecular complexity index is 723. The van der Waals surface area contributed by atoms with Gasteiger partial charge in [0.15, 0.2) is 0 Å². The molecule has 24 heavy (non-hydrogen) atoms. The zero-order chi connectivity index (χ0) is 16.5. The molecule has 2 fully saturated rings. The number of fused-ring (bicyclic) bond motifs is 1. The van der Waals surface area contributed by atoms with E-state index in [1.807, 2.05) is 6.20 Å². The van der Waals surface area contributed by atoms with Crippen LogP contribution in [0.4, 0.5) is 5.69 Å². The Balaban J connectivity index is 1.62. The van der Waals surface area contributed by atoms with E-state index < -0.39 is 0 Å². The number of benzene rings is 1. The summed E-state index contributed by atoms with van der Waals surface area (Å²) in [7, 11) is 0. The fourth-order valence-electron chi connectivity index (χ4n) is 4.31. The van der Waals surface area contributed by atoms with E-state index in [2.05, 4.69) is 55.0 Å². The maximum absolute atomic E-state index is 9.60. The molecule has 2 atom stereocenters. The van der Waals surface area contributed by atoms with Gasteiger partial charge in [-0.25, -0.2) is 0 Å². The molecule has 5 heteroatoms. The van der Waals surface area contributed by atoms with Gasteiger partial charge in [0, 0.05) is 46.9 Å². The average Bonchev–Trinajstić information content (AvgIpc) is 3.24. The van der Waals surface area contributed by atoms with Crippen molar-refractivity contribution in [3.63, 3.8) is 0 Å². The Morgan fingerprint density at radius 1 is 1.12 bits per heavy atom. The van der Waals surface area contributed by atoms with E-state index in [0.717, 1.165) is 36.0 Å². The van der Waals surface area contributed by atoms with Crippen LogP contribution in [0.3, 0.4) is 0 Å². The molecule has 0 amide bonds. The molecular weight excluding hydrogens is 366 g/mol. The van der Waals surface area contributed by atoms with Gasteiger partial charge in [0.05, 0.1) is 12.1 Å². The summed E-state index contributed by atoms with van der Waals surface area (Å²) in [4.78, 5) is 9.56. The Morgan fingerprint density at radius 3 is 2.83 bits per heavy atom. The van der Waals surface area contributed by atoms with Crippen LogP contribution in [0.1, 0.15) is 25.7 Å². The molecule has 2 saturated heterocycles. The van der Waals surface area contributed by atoms with Crippen molar-refractivity contribution < 1.29 is 5.11 Å². The van der Waals surface area contributed by atoms with Crippen molar-refractivity contribution in [2.24, 2.45) is 0 Å². The molecule has 2 aliphatic heterocycles. The van der Waals surface area contributed by atoms with Crippen LogP contribution in [0.2, 0.25) is 0 Å². The molecule has 1 N–H and O–H groups in total. The lowest BCUT2D eigenvalue weighted by atomic mass is 10.1. The first kappa shape index (κ1) is 16.3. The average molecular weight is 390 g/mol. The first-order valence-electron chi connectivity index (χ1n) is 8.92. The zero-order valence-electron chi connectivity index (χ0n) is 13.9. The van der Waals surface area contributed by atoms with Crippen LogP contribution >= 0.6 is 15.9 Å². The fourth-order valence-corrected chi connectivity index (χ4v) is 4.67. The summed E-state index contributed by atoms with van der Waals surface area (Å²) in [6, 6.07) is 9.35. The van der Waals surface area contributed by atoms with Gasteiger partial charge in [0.2, 0.25) is 0 Å². The van der Waals surface area contributed by atoms with Crippen LogP contribution in [-0.2, 0) is 0 Å². The number of anilines is 1. The SMILES string of the molecule is OCC1CCCN1CC1CCCN1c1ccnc2ccc(Br)cc12. The third kappa shape index (κ3) is 3.05. The number of hydrogen-bond acceptors (Lipinski definition) is 4. The highest BCUT2D eigenvalue weighted by Gasteiger charge is 2.32. The number of nitrogens with zero attached hydrogens (tertiary/aromatic N) is 3. The van der Waals surface area contributed by atoms with Gasteiger partial charge in [-0.3, -0.25) is 9.88 Å². The summed E-state index contributed by atoms with van der Waals surface area (Å²) in [5, 5.41) is 10.8. The van der Waals surface area contributed by atoms with Crippen molar-refractivity contribution in [2.45, 2.75) is 37.8 Å². The van der Waals surface area contributed by atoms with Gasteiger partial charge in [-0.1, -0.05) is 15.9 Å². The van der Waals surface area contributed by atoms with Crippen molar-refractivity contribution >= 4 is 32.5 Å². The fraction of sp³-hybridized carbons (Fsp3) is 0.526. The number of aromatic nitrogens is 1. The molecule has 1 aromatic heterocycles. The normalized spacial score (nSPS) is 25.0. The summed E-state index contributed by atoms with van der Waals surface area (Å²) < 4.78 is 1.10. The van der Waals surface area contributed by atoms with E-state index in [9.17, 15) is 5.11 Å². The van der Waals surface area contributed by atoms with E-state index in [1.54, 1.807) is 0 Å². The van der Waals surface area contributed by atoms with E-state index in [-0.39, 0.29) is 6.61 Å². The monoisotopic (exact) mass is 389 g/mol. The maximum Gasteiger partial charge on any atom is 0.0723 e. The highest BCUT2D eigenvalue weighted by Crippen LogP contribution is 2.33. The Hall–Kier alpha value is -1.17. The lowest BCUT2D eigenvalue weighted by Gasteiger charge is -2.33. The Kier molecular flexibility index (Phi) is 4.74. The number of pyridine rings is 1. The van der Waals surface area contributed by atoms with Crippen molar-refractivity contribution in [1.29, 1.82) is 0 Å². The number of aliphatic hydroxyl groups excluding tert-OH is 1. The van der Waals surface area contributed by atoms with Gasteiger partial charge in [-0.2, -0.15) is 0 Å². The molecule has 4 nitrogen and oxygen atoms in total. The number of halogens is 1. The topological polar surface area (TPSA) is 39.6 Å².